The summed E-state index contributed by atoms with van der Waals surface area (Å²) in [5.74, 6) is 0.616. The minimum atomic E-state index is 0.616. The van der Waals surface area contributed by atoms with Crippen molar-refractivity contribution in [3.8, 4) is 0 Å². The van der Waals surface area contributed by atoms with Gasteiger partial charge in [-0.1, -0.05) is 72.4 Å². The molecule has 0 heterocycles. The fraction of sp³-hybridized carbons (Fsp3) is 0.222. The normalized spacial score (nSPS) is 21.9. The molecule has 2 aliphatic rings. The molecule has 0 radical (unpaired) electrons. The summed E-state index contributed by atoms with van der Waals surface area (Å²) < 4.78 is 0. The van der Waals surface area contributed by atoms with Crippen LogP contribution in [0, 0.1) is 5.92 Å². The second kappa shape index (κ2) is 5.22. The van der Waals surface area contributed by atoms with Gasteiger partial charge in [0.05, 0.1) is 0 Å². The number of benzene rings is 1. The number of hydrogen-bond donors (Lipinski definition) is 0. The van der Waals surface area contributed by atoms with Crippen molar-refractivity contribution in [2.24, 2.45) is 5.92 Å². The zero-order valence-electron chi connectivity index (χ0n) is 10.5. The molecule has 0 aromatic heterocycles. The molecular formula is C18H18. The first-order valence-corrected chi connectivity index (χ1v) is 6.71. The molecule has 90 valence electrons. The Bertz CT molecular complexity index is 526. The summed E-state index contributed by atoms with van der Waals surface area (Å²) in [6.45, 7) is 0. The Morgan fingerprint density at radius 1 is 1.00 bits per heavy atom. The van der Waals surface area contributed by atoms with Crippen LogP contribution in [0.4, 0.5) is 0 Å². The van der Waals surface area contributed by atoms with Crippen LogP contribution >= 0.6 is 0 Å². The zero-order valence-corrected chi connectivity index (χ0v) is 10.5. The predicted octanol–water partition coefficient (Wildman–Crippen LogP) is 4.62. The molecule has 0 N–H and O–H groups in total. The quantitative estimate of drug-likeness (QED) is 0.700. The highest BCUT2D eigenvalue weighted by molar-refractivity contribution is 5.42. The van der Waals surface area contributed by atoms with Crippen LogP contribution in [0.25, 0.3) is 0 Å². The smallest absolute Gasteiger partial charge is 0.00575 e. The van der Waals surface area contributed by atoms with Gasteiger partial charge in [-0.2, -0.15) is 0 Å². The van der Waals surface area contributed by atoms with Crippen LogP contribution in [0.5, 0.6) is 0 Å². The van der Waals surface area contributed by atoms with Crippen molar-refractivity contribution in [1.82, 2.24) is 0 Å². The summed E-state index contributed by atoms with van der Waals surface area (Å²) >= 11 is 0. The molecule has 0 amide bonds. The van der Waals surface area contributed by atoms with Gasteiger partial charge in [0.25, 0.3) is 0 Å². The highest BCUT2D eigenvalue weighted by atomic mass is 14.2. The van der Waals surface area contributed by atoms with Crippen LogP contribution in [0.15, 0.2) is 77.9 Å². The highest BCUT2D eigenvalue weighted by Gasteiger charge is 2.19. The second-order valence-corrected chi connectivity index (χ2v) is 4.99. The van der Waals surface area contributed by atoms with E-state index < -0.39 is 0 Å². The van der Waals surface area contributed by atoms with E-state index in [1.54, 1.807) is 5.57 Å². The Balaban J connectivity index is 1.84. The van der Waals surface area contributed by atoms with Crippen molar-refractivity contribution in [3.63, 3.8) is 0 Å². The molecule has 1 aromatic carbocycles. The van der Waals surface area contributed by atoms with Gasteiger partial charge >= 0.3 is 0 Å². The van der Waals surface area contributed by atoms with E-state index in [1.165, 1.54) is 24.0 Å². The molecule has 0 heteroatoms. The zero-order chi connectivity index (χ0) is 12.2. The van der Waals surface area contributed by atoms with Crippen LogP contribution in [-0.4, -0.2) is 0 Å². The molecule has 0 aliphatic heterocycles. The molecule has 0 bridgehead atoms. The molecule has 18 heavy (non-hydrogen) atoms. The third-order valence-electron chi connectivity index (χ3n) is 3.75. The Kier molecular flexibility index (Phi) is 3.27. The molecule has 0 fully saturated rings. The van der Waals surface area contributed by atoms with Crippen LogP contribution in [0.2, 0.25) is 0 Å². The SMILES string of the molecule is C1=CCCC2C(=C1)C=CC=C2Cc1ccccc1. The Labute approximate surface area is 109 Å². The summed E-state index contributed by atoms with van der Waals surface area (Å²) in [7, 11) is 0. The summed E-state index contributed by atoms with van der Waals surface area (Å²) in [5.41, 5.74) is 4.44. The molecule has 0 saturated heterocycles. The van der Waals surface area contributed by atoms with E-state index in [4.69, 9.17) is 0 Å². The van der Waals surface area contributed by atoms with Crippen molar-refractivity contribution in [1.29, 1.82) is 0 Å². The van der Waals surface area contributed by atoms with Crippen molar-refractivity contribution in [2.45, 2.75) is 19.3 Å². The molecule has 0 spiro atoms. The van der Waals surface area contributed by atoms with Gasteiger partial charge in [0.2, 0.25) is 0 Å². The molecule has 1 atom stereocenters. The van der Waals surface area contributed by atoms with E-state index in [0.29, 0.717) is 5.92 Å². The van der Waals surface area contributed by atoms with Crippen LogP contribution in [0.1, 0.15) is 18.4 Å². The Morgan fingerprint density at radius 3 is 2.78 bits per heavy atom. The van der Waals surface area contributed by atoms with Gasteiger partial charge in [-0.25, -0.2) is 0 Å². The number of fused-ring (bicyclic) bond motifs is 1. The summed E-state index contributed by atoms with van der Waals surface area (Å²) in [5, 5.41) is 0. The lowest BCUT2D eigenvalue weighted by molar-refractivity contribution is 0.645. The molecule has 1 aromatic rings. The Morgan fingerprint density at radius 2 is 1.89 bits per heavy atom. The lowest BCUT2D eigenvalue weighted by Crippen LogP contribution is -2.10. The van der Waals surface area contributed by atoms with E-state index >= 15 is 0 Å². The molecular weight excluding hydrogens is 216 g/mol. The van der Waals surface area contributed by atoms with Crippen molar-refractivity contribution < 1.29 is 0 Å². The standard InChI is InChI=1S/C18H18/c1-3-8-15(9-4-1)14-17-12-7-11-16-10-5-2-6-13-18(16)17/h1-5,7-12,18H,6,13-14H2. The lowest BCUT2D eigenvalue weighted by atomic mass is 9.81. The van der Waals surface area contributed by atoms with E-state index in [2.05, 4.69) is 66.8 Å². The lowest BCUT2D eigenvalue weighted by Gasteiger charge is -2.23. The Hall–Kier alpha value is -1.82. The first-order chi connectivity index (χ1) is 8.93. The van der Waals surface area contributed by atoms with E-state index in [0.717, 1.165) is 6.42 Å². The molecule has 3 rings (SSSR count). The summed E-state index contributed by atoms with van der Waals surface area (Å²) in [4.78, 5) is 0. The van der Waals surface area contributed by atoms with Crippen LogP contribution in [-0.2, 0) is 6.42 Å². The minimum Gasteiger partial charge on any atom is -0.0845 e. The van der Waals surface area contributed by atoms with Crippen LogP contribution in [0.3, 0.4) is 0 Å². The van der Waals surface area contributed by atoms with Gasteiger partial charge in [-0.15, -0.1) is 0 Å². The fourth-order valence-corrected chi connectivity index (χ4v) is 2.80. The maximum absolute atomic E-state index is 2.31. The largest absolute Gasteiger partial charge is 0.0845 e. The van der Waals surface area contributed by atoms with Crippen molar-refractivity contribution in [3.05, 3.63) is 83.5 Å². The van der Waals surface area contributed by atoms with Crippen molar-refractivity contribution >= 4 is 0 Å². The maximum atomic E-state index is 2.31. The molecule has 0 nitrogen and oxygen atoms in total. The minimum absolute atomic E-state index is 0.616. The summed E-state index contributed by atoms with van der Waals surface area (Å²) in [6.07, 6.45) is 17.0. The third-order valence-corrected chi connectivity index (χ3v) is 3.75. The fourth-order valence-electron chi connectivity index (χ4n) is 2.80. The van der Waals surface area contributed by atoms with Gasteiger partial charge in [0.15, 0.2) is 0 Å². The van der Waals surface area contributed by atoms with Gasteiger partial charge in [0, 0.05) is 5.92 Å². The molecule has 2 aliphatic carbocycles. The monoisotopic (exact) mass is 234 g/mol. The van der Waals surface area contributed by atoms with Gasteiger partial charge in [-0.3, -0.25) is 0 Å². The predicted molar refractivity (Wildman–Crippen MR) is 77.3 cm³/mol. The van der Waals surface area contributed by atoms with Crippen molar-refractivity contribution in [2.75, 3.05) is 0 Å². The van der Waals surface area contributed by atoms with Crippen LogP contribution < -0.4 is 0 Å². The number of allylic oxidation sites excluding steroid dienone is 8. The summed E-state index contributed by atoms with van der Waals surface area (Å²) in [6, 6.07) is 10.8. The number of rotatable bonds is 2. The maximum Gasteiger partial charge on any atom is 0.00575 e. The van der Waals surface area contributed by atoms with E-state index in [-0.39, 0.29) is 0 Å². The average molecular weight is 234 g/mol. The van der Waals surface area contributed by atoms with Gasteiger partial charge in [-0.05, 0) is 30.4 Å². The topological polar surface area (TPSA) is 0 Å². The van der Waals surface area contributed by atoms with Gasteiger partial charge < -0.3 is 0 Å². The molecule has 1 unspecified atom stereocenters. The first kappa shape index (κ1) is 11.3. The first-order valence-electron chi connectivity index (χ1n) is 6.71. The third kappa shape index (κ3) is 2.38. The number of hydrogen-bond acceptors (Lipinski definition) is 0. The highest BCUT2D eigenvalue weighted by Crippen LogP contribution is 2.33. The van der Waals surface area contributed by atoms with Gasteiger partial charge in [0.1, 0.15) is 0 Å². The molecule has 0 saturated carbocycles. The average Bonchev–Trinajstić information content (AvgIpc) is 2.66. The van der Waals surface area contributed by atoms with E-state index in [9.17, 15) is 0 Å². The second-order valence-electron chi connectivity index (χ2n) is 4.99. The van der Waals surface area contributed by atoms with E-state index in [1.807, 2.05) is 0 Å².